The minimum absolute atomic E-state index is 0.0155. The van der Waals surface area contributed by atoms with Crippen molar-refractivity contribution in [1.29, 1.82) is 0 Å². The fourth-order valence-corrected chi connectivity index (χ4v) is 5.44. The molecule has 4 heterocycles. The highest BCUT2D eigenvalue weighted by atomic mass is 32.1. The monoisotopic (exact) mass is 463 g/mol. The predicted molar refractivity (Wildman–Crippen MR) is 130 cm³/mol. The number of nitrogens with zero attached hydrogens (tertiary/aromatic N) is 5. The van der Waals surface area contributed by atoms with Crippen molar-refractivity contribution in [1.82, 2.24) is 19.6 Å². The quantitative estimate of drug-likeness (QED) is 0.584. The standard InChI is InChI=1S/C25H29N5O2S/c1-2-30-22-8-10-29(23(31)16-19-9-15-33-18-19)17-21(22)24(26-30)25(32)28-13-11-27(12-14-28)20-6-4-3-5-7-20/h3-7,9,15,18H,2,8,10-14,16-17H2,1H3. The molecule has 8 heteroatoms. The molecular formula is C25H29N5O2S. The molecule has 0 aliphatic carbocycles. The molecule has 5 rings (SSSR count). The van der Waals surface area contributed by atoms with Crippen LogP contribution >= 0.6 is 11.3 Å². The van der Waals surface area contributed by atoms with E-state index in [1.54, 1.807) is 11.3 Å². The van der Waals surface area contributed by atoms with E-state index in [0.717, 1.165) is 42.9 Å². The van der Waals surface area contributed by atoms with Gasteiger partial charge in [-0.3, -0.25) is 14.3 Å². The third-order valence-corrected chi connectivity index (χ3v) is 7.34. The lowest BCUT2D eigenvalue weighted by Crippen LogP contribution is -2.49. The van der Waals surface area contributed by atoms with E-state index in [2.05, 4.69) is 17.0 Å². The van der Waals surface area contributed by atoms with Crippen LogP contribution in [0.25, 0.3) is 0 Å². The van der Waals surface area contributed by atoms with Crippen LogP contribution in [0.15, 0.2) is 47.2 Å². The van der Waals surface area contributed by atoms with E-state index in [0.29, 0.717) is 38.3 Å². The second-order valence-electron chi connectivity index (χ2n) is 8.58. The minimum atomic E-state index is -0.0155. The van der Waals surface area contributed by atoms with Gasteiger partial charge >= 0.3 is 0 Å². The molecule has 0 unspecified atom stereocenters. The Balaban J connectivity index is 1.30. The first-order valence-electron chi connectivity index (χ1n) is 11.6. The molecule has 33 heavy (non-hydrogen) atoms. The van der Waals surface area contributed by atoms with Gasteiger partial charge in [0.2, 0.25) is 5.91 Å². The Morgan fingerprint density at radius 3 is 2.48 bits per heavy atom. The number of anilines is 1. The zero-order valence-electron chi connectivity index (χ0n) is 18.9. The number of para-hydroxylation sites is 1. The Bertz CT molecular complexity index is 1120. The average molecular weight is 464 g/mol. The number of fused-ring (bicyclic) bond motifs is 1. The smallest absolute Gasteiger partial charge is 0.274 e. The molecule has 0 N–H and O–H groups in total. The number of hydrogen-bond donors (Lipinski definition) is 0. The molecular weight excluding hydrogens is 434 g/mol. The van der Waals surface area contributed by atoms with Crippen molar-refractivity contribution in [3.8, 4) is 0 Å². The van der Waals surface area contributed by atoms with Gasteiger partial charge < -0.3 is 14.7 Å². The first-order valence-corrected chi connectivity index (χ1v) is 12.5. The zero-order chi connectivity index (χ0) is 22.8. The number of benzene rings is 1. The van der Waals surface area contributed by atoms with Crippen molar-refractivity contribution in [2.24, 2.45) is 0 Å². The summed E-state index contributed by atoms with van der Waals surface area (Å²) in [6.45, 7) is 6.85. The predicted octanol–water partition coefficient (Wildman–Crippen LogP) is 3.05. The van der Waals surface area contributed by atoms with Crippen LogP contribution in [0.3, 0.4) is 0 Å². The molecule has 1 aromatic carbocycles. The van der Waals surface area contributed by atoms with E-state index in [1.807, 2.05) is 56.4 Å². The van der Waals surface area contributed by atoms with Crippen LogP contribution in [0.1, 0.15) is 34.2 Å². The lowest BCUT2D eigenvalue weighted by atomic mass is 10.0. The van der Waals surface area contributed by atoms with Gasteiger partial charge in [-0.1, -0.05) is 18.2 Å². The Labute approximate surface area is 198 Å². The fourth-order valence-electron chi connectivity index (χ4n) is 4.77. The van der Waals surface area contributed by atoms with E-state index in [9.17, 15) is 9.59 Å². The summed E-state index contributed by atoms with van der Waals surface area (Å²) < 4.78 is 1.95. The zero-order valence-corrected chi connectivity index (χ0v) is 19.8. The van der Waals surface area contributed by atoms with Crippen molar-refractivity contribution in [2.75, 3.05) is 37.6 Å². The van der Waals surface area contributed by atoms with Gasteiger partial charge in [0.15, 0.2) is 5.69 Å². The molecule has 0 spiro atoms. The molecule has 7 nitrogen and oxygen atoms in total. The summed E-state index contributed by atoms with van der Waals surface area (Å²) in [7, 11) is 0. The first-order chi connectivity index (χ1) is 16.1. The molecule has 0 bridgehead atoms. The summed E-state index contributed by atoms with van der Waals surface area (Å²) >= 11 is 1.61. The van der Waals surface area contributed by atoms with Gasteiger partial charge in [-0.2, -0.15) is 16.4 Å². The molecule has 2 aromatic heterocycles. The van der Waals surface area contributed by atoms with Gasteiger partial charge in [-0.15, -0.1) is 0 Å². The summed E-state index contributed by atoms with van der Waals surface area (Å²) in [5.41, 5.74) is 4.79. The molecule has 2 aliphatic rings. The maximum Gasteiger partial charge on any atom is 0.274 e. The normalized spacial score (nSPS) is 16.1. The number of thiophene rings is 1. The fraction of sp³-hybridized carbons (Fsp3) is 0.400. The number of piperazine rings is 1. The summed E-state index contributed by atoms with van der Waals surface area (Å²) in [5.74, 6) is 0.0940. The highest BCUT2D eigenvalue weighted by Gasteiger charge is 2.32. The Morgan fingerprint density at radius 1 is 1.00 bits per heavy atom. The molecule has 3 aromatic rings. The highest BCUT2D eigenvalue weighted by Crippen LogP contribution is 2.26. The minimum Gasteiger partial charge on any atom is -0.368 e. The summed E-state index contributed by atoms with van der Waals surface area (Å²) in [6, 6.07) is 12.3. The van der Waals surface area contributed by atoms with E-state index in [4.69, 9.17) is 5.10 Å². The Morgan fingerprint density at radius 2 is 1.79 bits per heavy atom. The van der Waals surface area contributed by atoms with Gasteiger partial charge in [-0.05, 0) is 41.4 Å². The first kappa shape index (κ1) is 21.7. The van der Waals surface area contributed by atoms with E-state index in [-0.39, 0.29) is 11.8 Å². The second-order valence-corrected chi connectivity index (χ2v) is 9.36. The van der Waals surface area contributed by atoms with Crippen molar-refractivity contribution in [3.63, 3.8) is 0 Å². The maximum absolute atomic E-state index is 13.5. The highest BCUT2D eigenvalue weighted by molar-refractivity contribution is 7.08. The summed E-state index contributed by atoms with van der Waals surface area (Å²) in [5, 5.41) is 8.72. The summed E-state index contributed by atoms with van der Waals surface area (Å²) in [6.07, 6.45) is 1.14. The summed E-state index contributed by atoms with van der Waals surface area (Å²) in [4.78, 5) is 32.5. The van der Waals surface area contributed by atoms with E-state index in [1.165, 1.54) is 5.69 Å². The lowest BCUT2D eigenvalue weighted by molar-refractivity contribution is -0.131. The number of amides is 2. The number of hydrogen-bond acceptors (Lipinski definition) is 5. The molecule has 0 atom stereocenters. The molecule has 2 amide bonds. The number of carbonyl (C=O) groups excluding carboxylic acids is 2. The number of aromatic nitrogens is 2. The van der Waals surface area contributed by atoms with Crippen LogP contribution in [0.5, 0.6) is 0 Å². The SMILES string of the molecule is CCn1nc(C(=O)N2CCN(c3ccccc3)CC2)c2c1CCN(C(=O)Cc1ccsc1)C2. The van der Waals surface area contributed by atoms with Gasteiger partial charge in [0.25, 0.3) is 5.91 Å². The molecule has 0 radical (unpaired) electrons. The van der Waals surface area contributed by atoms with E-state index < -0.39 is 0 Å². The van der Waals surface area contributed by atoms with Crippen LogP contribution in [-0.2, 0) is 30.7 Å². The molecule has 1 fully saturated rings. The van der Waals surface area contributed by atoms with Gasteiger partial charge in [0.1, 0.15) is 0 Å². The molecule has 2 aliphatic heterocycles. The van der Waals surface area contributed by atoms with Crippen LogP contribution in [0.2, 0.25) is 0 Å². The number of carbonyl (C=O) groups is 2. The molecule has 1 saturated heterocycles. The van der Waals surface area contributed by atoms with Crippen molar-refractivity contribution in [2.45, 2.75) is 32.9 Å². The van der Waals surface area contributed by atoms with Crippen LogP contribution in [0.4, 0.5) is 5.69 Å². The van der Waals surface area contributed by atoms with Crippen LogP contribution in [0, 0.1) is 0 Å². The van der Waals surface area contributed by atoms with Gasteiger partial charge in [0.05, 0.1) is 6.42 Å². The second kappa shape index (κ2) is 9.39. The molecule has 172 valence electrons. The Hall–Kier alpha value is -3.13. The van der Waals surface area contributed by atoms with Crippen LogP contribution in [-0.4, -0.2) is 64.1 Å². The third kappa shape index (κ3) is 4.39. The van der Waals surface area contributed by atoms with Crippen molar-refractivity contribution in [3.05, 3.63) is 69.7 Å². The largest absolute Gasteiger partial charge is 0.368 e. The van der Waals surface area contributed by atoms with Crippen molar-refractivity contribution >= 4 is 28.8 Å². The van der Waals surface area contributed by atoms with Gasteiger partial charge in [0, 0.05) is 69.2 Å². The number of aryl methyl sites for hydroxylation is 1. The topological polar surface area (TPSA) is 61.7 Å². The lowest BCUT2D eigenvalue weighted by Gasteiger charge is -2.36. The molecule has 0 saturated carbocycles. The van der Waals surface area contributed by atoms with Crippen molar-refractivity contribution < 1.29 is 9.59 Å². The van der Waals surface area contributed by atoms with Gasteiger partial charge in [-0.25, -0.2) is 0 Å². The third-order valence-electron chi connectivity index (χ3n) is 6.61. The number of rotatable bonds is 5. The maximum atomic E-state index is 13.5. The van der Waals surface area contributed by atoms with Crippen LogP contribution < -0.4 is 4.90 Å². The van der Waals surface area contributed by atoms with E-state index >= 15 is 0 Å². The average Bonchev–Trinajstić information content (AvgIpc) is 3.51. The Kier molecular flexibility index (Phi) is 6.17.